The first kappa shape index (κ1) is 19.4. The molecule has 0 aliphatic carbocycles. The molecule has 0 saturated heterocycles. The summed E-state index contributed by atoms with van der Waals surface area (Å²) >= 11 is 0. The van der Waals surface area contributed by atoms with Gasteiger partial charge in [-0.25, -0.2) is 4.57 Å². The number of phenols is 2. The van der Waals surface area contributed by atoms with Crippen molar-refractivity contribution in [2.24, 2.45) is 0 Å². The highest BCUT2D eigenvalue weighted by Gasteiger charge is 2.20. The van der Waals surface area contributed by atoms with Gasteiger partial charge in [0, 0.05) is 18.5 Å². The zero-order chi connectivity index (χ0) is 21.3. The van der Waals surface area contributed by atoms with Gasteiger partial charge in [0.1, 0.15) is 11.5 Å². The van der Waals surface area contributed by atoms with Crippen LogP contribution < -0.4 is 0 Å². The van der Waals surface area contributed by atoms with Crippen LogP contribution in [-0.2, 0) is 6.42 Å². The normalized spacial score (nSPS) is 11.2. The summed E-state index contributed by atoms with van der Waals surface area (Å²) < 4.78 is 1.46. The van der Waals surface area contributed by atoms with Crippen molar-refractivity contribution in [2.45, 2.75) is 26.2 Å². The Morgan fingerprint density at radius 2 is 1.50 bits per heavy atom. The van der Waals surface area contributed by atoms with E-state index in [1.165, 1.54) is 10.6 Å². The van der Waals surface area contributed by atoms with E-state index in [-0.39, 0.29) is 29.3 Å². The minimum atomic E-state index is -0.287. The molecule has 0 fully saturated rings. The highest BCUT2D eigenvalue weighted by atomic mass is 16.3. The van der Waals surface area contributed by atoms with Crippen LogP contribution >= 0.6 is 0 Å². The van der Waals surface area contributed by atoms with Gasteiger partial charge in [0.05, 0.1) is 11.3 Å². The van der Waals surface area contributed by atoms with Crippen LogP contribution in [0.5, 0.6) is 17.5 Å². The zero-order valence-corrected chi connectivity index (χ0v) is 16.7. The van der Waals surface area contributed by atoms with Crippen molar-refractivity contribution < 1.29 is 15.3 Å². The summed E-state index contributed by atoms with van der Waals surface area (Å²) in [4.78, 5) is 4.03. The molecule has 4 rings (SSSR count). The molecular weight excluding hydrogens is 380 g/mol. The van der Waals surface area contributed by atoms with Crippen molar-refractivity contribution >= 4 is 0 Å². The van der Waals surface area contributed by atoms with Crippen LogP contribution in [0.3, 0.4) is 0 Å². The standard InChI is InChI=1S/C23H22N4O3/c1-14(2)18-12-19(21(29)13-20(18)28)22-25-26-23(30)27(22)17-5-3-15(4-6-17)11-16-7-9-24-10-8-16/h3-10,12-14,28-29H,11H2,1-2H3,(H,26,30). The molecule has 7 heteroatoms. The van der Waals surface area contributed by atoms with Gasteiger partial charge in [-0.05, 0) is 59.4 Å². The minimum Gasteiger partial charge on any atom is -0.508 e. The third-order valence-electron chi connectivity index (χ3n) is 5.01. The molecule has 2 heterocycles. The van der Waals surface area contributed by atoms with E-state index in [1.807, 2.05) is 50.2 Å². The number of benzene rings is 2. The Balaban J connectivity index is 1.72. The van der Waals surface area contributed by atoms with Gasteiger partial charge in [-0.1, -0.05) is 31.1 Å². The number of aromatic nitrogens is 4. The van der Waals surface area contributed by atoms with Crippen molar-refractivity contribution in [3.05, 3.63) is 77.6 Å². The number of rotatable bonds is 5. The first-order chi connectivity index (χ1) is 14.4. The maximum Gasteiger partial charge on any atom is 0.319 e. The molecule has 0 unspecified atom stereocenters. The van der Waals surface area contributed by atoms with E-state index >= 15 is 0 Å². The molecule has 0 aliphatic heterocycles. The summed E-state index contributed by atoms with van der Waals surface area (Å²) in [5.41, 5.74) is 3.97. The van der Waals surface area contributed by atoms with Crippen LogP contribution in [0.4, 0.5) is 0 Å². The second kappa shape index (κ2) is 7.87. The van der Waals surface area contributed by atoms with Crippen LogP contribution in [0.15, 0.2) is 60.9 Å². The quantitative estimate of drug-likeness (QED) is 0.463. The summed E-state index contributed by atoms with van der Waals surface area (Å²) in [7, 11) is 0. The van der Waals surface area contributed by atoms with E-state index < -0.39 is 0 Å². The molecule has 2 aromatic heterocycles. The van der Waals surface area contributed by atoms with Crippen molar-refractivity contribution in [3.63, 3.8) is 0 Å². The molecule has 0 aliphatic rings. The fourth-order valence-electron chi connectivity index (χ4n) is 3.42. The minimum absolute atomic E-state index is 0.0157. The number of pyridine rings is 1. The Morgan fingerprint density at radius 3 is 2.17 bits per heavy atom. The Hall–Kier alpha value is -3.87. The van der Waals surface area contributed by atoms with Gasteiger partial charge in [-0.2, -0.15) is 0 Å². The number of hydrogen-bond acceptors (Lipinski definition) is 6. The van der Waals surface area contributed by atoms with Crippen LogP contribution in [-0.4, -0.2) is 35.1 Å². The molecular formula is C23H22N4O3. The van der Waals surface area contributed by atoms with Crippen molar-refractivity contribution in [2.75, 3.05) is 0 Å². The second-order valence-corrected chi connectivity index (χ2v) is 7.44. The average Bonchev–Trinajstić information content (AvgIpc) is 3.10. The molecule has 0 radical (unpaired) electrons. The van der Waals surface area contributed by atoms with Gasteiger partial charge in [0.2, 0.25) is 0 Å². The fourth-order valence-corrected chi connectivity index (χ4v) is 3.42. The van der Waals surface area contributed by atoms with E-state index in [4.69, 9.17) is 0 Å². The first-order valence-electron chi connectivity index (χ1n) is 9.63. The maximum absolute atomic E-state index is 10.4. The topological polar surface area (TPSA) is 104 Å². The molecule has 4 aromatic rings. The van der Waals surface area contributed by atoms with Crippen molar-refractivity contribution in [1.29, 1.82) is 0 Å². The zero-order valence-electron chi connectivity index (χ0n) is 16.7. The smallest absolute Gasteiger partial charge is 0.319 e. The first-order valence-corrected chi connectivity index (χ1v) is 9.63. The number of aromatic hydroxyl groups is 3. The van der Waals surface area contributed by atoms with Gasteiger partial charge in [-0.15, -0.1) is 5.10 Å². The lowest BCUT2D eigenvalue weighted by Crippen LogP contribution is -1.99. The maximum atomic E-state index is 10.4. The molecule has 152 valence electrons. The highest BCUT2D eigenvalue weighted by molar-refractivity contribution is 5.69. The van der Waals surface area contributed by atoms with E-state index in [0.717, 1.165) is 17.5 Å². The Morgan fingerprint density at radius 1 is 0.833 bits per heavy atom. The number of nitrogens with zero attached hydrogens (tertiary/aromatic N) is 4. The van der Waals surface area contributed by atoms with Gasteiger partial charge in [-0.3, -0.25) is 4.98 Å². The molecule has 0 amide bonds. The average molecular weight is 402 g/mol. The Bertz CT molecular complexity index is 1170. The SMILES string of the molecule is CC(C)c1cc(-c2nnc(O)n2-c2ccc(Cc3ccncc3)cc2)c(O)cc1O. The lowest BCUT2D eigenvalue weighted by atomic mass is 9.98. The summed E-state index contributed by atoms with van der Waals surface area (Å²) in [6.45, 7) is 3.89. The van der Waals surface area contributed by atoms with Crippen LogP contribution in [0.25, 0.3) is 17.1 Å². The fraction of sp³-hybridized carbons (Fsp3) is 0.174. The van der Waals surface area contributed by atoms with Gasteiger partial charge < -0.3 is 15.3 Å². The summed E-state index contributed by atoms with van der Waals surface area (Å²) in [5, 5.41) is 38.7. The molecule has 0 bridgehead atoms. The van der Waals surface area contributed by atoms with Gasteiger partial charge in [0.25, 0.3) is 0 Å². The van der Waals surface area contributed by atoms with E-state index in [2.05, 4.69) is 15.2 Å². The van der Waals surface area contributed by atoms with Crippen molar-refractivity contribution in [3.8, 4) is 34.6 Å². The highest BCUT2D eigenvalue weighted by Crippen LogP contribution is 2.38. The number of phenolic OH excluding ortho intramolecular Hbond substituents is 2. The second-order valence-electron chi connectivity index (χ2n) is 7.44. The monoisotopic (exact) mass is 402 g/mol. The molecule has 30 heavy (non-hydrogen) atoms. The molecule has 3 N–H and O–H groups in total. The third kappa shape index (κ3) is 3.69. The van der Waals surface area contributed by atoms with Crippen LogP contribution in [0, 0.1) is 0 Å². The number of hydrogen-bond donors (Lipinski definition) is 3. The van der Waals surface area contributed by atoms with Crippen molar-refractivity contribution in [1.82, 2.24) is 19.7 Å². The molecule has 0 saturated carbocycles. The van der Waals surface area contributed by atoms with Gasteiger partial charge >= 0.3 is 6.01 Å². The Labute approximate surface area is 173 Å². The molecule has 0 spiro atoms. The third-order valence-corrected chi connectivity index (χ3v) is 5.01. The summed E-state index contributed by atoms with van der Waals surface area (Å²) in [5.74, 6) is 0.206. The predicted octanol–water partition coefficient (Wildman–Crippen LogP) is 4.16. The van der Waals surface area contributed by atoms with E-state index in [0.29, 0.717) is 16.8 Å². The van der Waals surface area contributed by atoms with E-state index in [1.54, 1.807) is 18.5 Å². The Kier molecular flexibility index (Phi) is 5.10. The summed E-state index contributed by atoms with van der Waals surface area (Å²) in [6.07, 6.45) is 4.29. The van der Waals surface area contributed by atoms with E-state index in [9.17, 15) is 15.3 Å². The van der Waals surface area contributed by atoms with Crippen LogP contribution in [0.2, 0.25) is 0 Å². The van der Waals surface area contributed by atoms with Crippen LogP contribution in [0.1, 0.15) is 36.5 Å². The largest absolute Gasteiger partial charge is 0.508 e. The van der Waals surface area contributed by atoms with Gasteiger partial charge in [0.15, 0.2) is 5.82 Å². The summed E-state index contributed by atoms with van der Waals surface area (Å²) in [6, 6.07) is 14.3. The molecule has 2 aromatic carbocycles. The molecule has 7 nitrogen and oxygen atoms in total. The predicted molar refractivity (Wildman–Crippen MR) is 113 cm³/mol. The lowest BCUT2D eigenvalue weighted by Gasteiger charge is -2.14. The molecule has 0 atom stereocenters. The lowest BCUT2D eigenvalue weighted by molar-refractivity contribution is 0.420.